The molecule has 0 radical (unpaired) electrons. The van der Waals surface area contributed by atoms with Crippen molar-refractivity contribution in [1.29, 1.82) is 0 Å². The Kier molecular flexibility index (Phi) is 6.69. The molecule has 7 heteroatoms. The number of nitrogens with one attached hydrogen (secondary N) is 3. The van der Waals surface area contributed by atoms with Crippen molar-refractivity contribution in [3.05, 3.63) is 41.5 Å². The summed E-state index contributed by atoms with van der Waals surface area (Å²) in [4.78, 5) is 40.0. The number of hydrogen-bond donors (Lipinski definition) is 3. The van der Waals surface area contributed by atoms with Crippen molar-refractivity contribution < 1.29 is 14.4 Å². The van der Waals surface area contributed by atoms with Gasteiger partial charge in [0.2, 0.25) is 0 Å². The number of imide groups is 1. The fourth-order valence-corrected chi connectivity index (χ4v) is 4.32. The van der Waals surface area contributed by atoms with Crippen LogP contribution in [-0.4, -0.2) is 47.9 Å². The van der Waals surface area contributed by atoms with Gasteiger partial charge in [0.15, 0.2) is 0 Å². The Hall–Kier alpha value is -2.67. The maximum atomic E-state index is 13.3. The first-order valence-corrected chi connectivity index (χ1v) is 10.4. The molecule has 4 amide bonds. The van der Waals surface area contributed by atoms with Gasteiger partial charge in [-0.05, 0) is 25.5 Å². The van der Waals surface area contributed by atoms with E-state index in [2.05, 4.69) is 22.9 Å². The first kappa shape index (κ1) is 21.0. The van der Waals surface area contributed by atoms with Gasteiger partial charge in [-0.3, -0.25) is 14.9 Å². The van der Waals surface area contributed by atoms with E-state index >= 15 is 0 Å². The van der Waals surface area contributed by atoms with Crippen LogP contribution in [0.15, 0.2) is 41.5 Å². The number of urea groups is 1. The first-order chi connectivity index (χ1) is 14.0. The molecule has 1 atom stereocenters. The zero-order chi connectivity index (χ0) is 20.9. The normalized spacial score (nSPS) is 22.1. The van der Waals surface area contributed by atoms with Crippen molar-refractivity contribution in [2.45, 2.75) is 51.5 Å². The second kappa shape index (κ2) is 9.22. The van der Waals surface area contributed by atoms with Gasteiger partial charge in [0.05, 0.1) is 11.1 Å². The molecule has 29 heavy (non-hydrogen) atoms. The van der Waals surface area contributed by atoms with Gasteiger partial charge in [0.1, 0.15) is 0 Å². The van der Waals surface area contributed by atoms with Gasteiger partial charge in [0, 0.05) is 30.9 Å². The molecule has 0 bridgehead atoms. The van der Waals surface area contributed by atoms with Gasteiger partial charge >= 0.3 is 6.03 Å². The number of rotatable bonds is 7. The highest BCUT2D eigenvalue weighted by atomic mass is 16.2. The number of para-hydroxylation sites is 1. The van der Waals surface area contributed by atoms with Crippen LogP contribution in [0.1, 0.15) is 46.0 Å². The molecular formula is C22H30N4O3. The molecule has 7 nitrogen and oxygen atoms in total. The van der Waals surface area contributed by atoms with Crippen molar-refractivity contribution in [2.24, 2.45) is 0 Å². The standard InChI is InChI=1S/C22H30N4O3/c1-3-4-5-9-12-22(18-16(2)19(27)25-20(18)28)15-23-13-14-26(22)21(29)24-17-10-7-6-8-11-17/h6-8,10-11,23H,3-5,9,12-15H2,1-2H3,(H,24,29)(H,25,27,28). The van der Waals surface area contributed by atoms with Crippen LogP contribution in [0, 0.1) is 0 Å². The smallest absolute Gasteiger partial charge is 0.312 e. The molecule has 1 aromatic carbocycles. The Morgan fingerprint density at radius 3 is 2.55 bits per heavy atom. The number of piperazine rings is 1. The highest BCUT2D eigenvalue weighted by Crippen LogP contribution is 2.37. The van der Waals surface area contributed by atoms with Crippen molar-refractivity contribution in [3.63, 3.8) is 0 Å². The summed E-state index contributed by atoms with van der Waals surface area (Å²) in [5, 5.41) is 8.71. The summed E-state index contributed by atoms with van der Waals surface area (Å²) in [6, 6.07) is 9.03. The summed E-state index contributed by atoms with van der Waals surface area (Å²) in [6.07, 6.45) is 4.74. The third-order valence-corrected chi connectivity index (χ3v) is 5.80. The predicted octanol–water partition coefficient (Wildman–Crippen LogP) is 2.81. The molecule has 3 rings (SSSR count). The van der Waals surface area contributed by atoms with Crippen molar-refractivity contribution in [3.8, 4) is 0 Å². The van der Waals surface area contributed by atoms with E-state index in [1.54, 1.807) is 11.8 Å². The molecule has 1 saturated heterocycles. The van der Waals surface area contributed by atoms with Crippen LogP contribution in [0.2, 0.25) is 0 Å². The Bertz CT molecular complexity index is 806. The van der Waals surface area contributed by atoms with Gasteiger partial charge in [-0.2, -0.15) is 0 Å². The molecular weight excluding hydrogens is 368 g/mol. The van der Waals surface area contributed by atoms with Gasteiger partial charge in [-0.15, -0.1) is 0 Å². The van der Waals surface area contributed by atoms with Crippen LogP contribution < -0.4 is 16.0 Å². The number of carbonyl (C=O) groups excluding carboxylic acids is 3. The van der Waals surface area contributed by atoms with E-state index in [1.807, 2.05) is 30.3 Å². The molecule has 0 aliphatic carbocycles. The van der Waals surface area contributed by atoms with Crippen molar-refractivity contribution in [2.75, 3.05) is 25.0 Å². The Morgan fingerprint density at radius 1 is 1.14 bits per heavy atom. The number of benzene rings is 1. The maximum Gasteiger partial charge on any atom is 0.322 e. The van der Waals surface area contributed by atoms with Crippen LogP contribution in [0.4, 0.5) is 10.5 Å². The molecule has 2 aliphatic rings. The third-order valence-electron chi connectivity index (χ3n) is 5.80. The van der Waals surface area contributed by atoms with Gasteiger partial charge in [-0.25, -0.2) is 4.79 Å². The van der Waals surface area contributed by atoms with Crippen LogP contribution in [0.25, 0.3) is 0 Å². The quantitative estimate of drug-likeness (QED) is 0.487. The topological polar surface area (TPSA) is 90.5 Å². The molecule has 3 N–H and O–H groups in total. The molecule has 1 fully saturated rings. The lowest BCUT2D eigenvalue weighted by Gasteiger charge is -2.48. The number of carbonyl (C=O) groups is 3. The lowest BCUT2D eigenvalue weighted by molar-refractivity contribution is -0.124. The summed E-state index contributed by atoms with van der Waals surface area (Å²) in [6.45, 7) is 5.37. The second-order valence-electron chi connectivity index (χ2n) is 7.75. The zero-order valence-corrected chi connectivity index (χ0v) is 17.2. The molecule has 156 valence electrons. The van der Waals surface area contributed by atoms with Crippen LogP contribution in [-0.2, 0) is 9.59 Å². The van der Waals surface area contributed by atoms with Gasteiger partial charge in [-0.1, -0.05) is 50.8 Å². The van der Waals surface area contributed by atoms with Crippen molar-refractivity contribution in [1.82, 2.24) is 15.5 Å². The Morgan fingerprint density at radius 2 is 1.90 bits per heavy atom. The first-order valence-electron chi connectivity index (χ1n) is 10.4. The molecule has 1 aromatic rings. The SMILES string of the molecule is CCCCCCC1(C2=C(C)C(=O)NC2=O)CNCCN1C(=O)Nc1ccccc1. The zero-order valence-electron chi connectivity index (χ0n) is 17.2. The Balaban J connectivity index is 1.95. The molecule has 1 unspecified atom stereocenters. The minimum atomic E-state index is -0.842. The van der Waals surface area contributed by atoms with E-state index in [0.29, 0.717) is 42.9 Å². The molecule has 2 heterocycles. The monoisotopic (exact) mass is 398 g/mol. The lowest BCUT2D eigenvalue weighted by atomic mass is 9.79. The van der Waals surface area contributed by atoms with E-state index in [4.69, 9.17) is 0 Å². The number of nitrogens with zero attached hydrogens (tertiary/aromatic N) is 1. The number of unbranched alkanes of at least 4 members (excludes halogenated alkanes) is 3. The second-order valence-corrected chi connectivity index (χ2v) is 7.75. The van der Waals surface area contributed by atoms with E-state index in [9.17, 15) is 14.4 Å². The van der Waals surface area contributed by atoms with Gasteiger partial charge in [0.25, 0.3) is 11.8 Å². The fraction of sp³-hybridized carbons (Fsp3) is 0.500. The van der Waals surface area contributed by atoms with E-state index < -0.39 is 5.54 Å². The lowest BCUT2D eigenvalue weighted by Crippen LogP contribution is -2.65. The molecule has 0 aromatic heterocycles. The average Bonchev–Trinajstić information content (AvgIpc) is 2.98. The highest BCUT2D eigenvalue weighted by molar-refractivity contribution is 6.20. The number of hydrogen-bond acceptors (Lipinski definition) is 4. The highest BCUT2D eigenvalue weighted by Gasteiger charge is 2.50. The van der Waals surface area contributed by atoms with E-state index in [-0.39, 0.29) is 17.8 Å². The predicted molar refractivity (Wildman–Crippen MR) is 112 cm³/mol. The van der Waals surface area contributed by atoms with Crippen LogP contribution in [0.5, 0.6) is 0 Å². The average molecular weight is 399 g/mol. The summed E-state index contributed by atoms with van der Waals surface area (Å²) >= 11 is 0. The van der Waals surface area contributed by atoms with E-state index in [0.717, 1.165) is 25.7 Å². The fourth-order valence-electron chi connectivity index (χ4n) is 4.32. The van der Waals surface area contributed by atoms with Gasteiger partial charge < -0.3 is 15.5 Å². The molecule has 0 saturated carbocycles. The third kappa shape index (κ3) is 4.34. The summed E-state index contributed by atoms with van der Waals surface area (Å²) in [5.74, 6) is -0.754. The maximum absolute atomic E-state index is 13.3. The van der Waals surface area contributed by atoms with Crippen molar-refractivity contribution >= 4 is 23.5 Å². The minimum absolute atomic E-state index is 0.249. The summed E-state index contributed by atoms with van der Waals surface area (Å²) in [5.41, 5.74) is 0.695. The minimum Gasteiger partial charge on any atom is -0.312 e. The summed E-state index contributed by atoms with van der Waals surface area (Å²) < 4.78 is 0. The number of amides is 4. The van der Waals surface area contributed by atoms with Crippen LogP contribution in [0.3, 0.4) is 0 Å². The summed E-state index contributed by atoms with van der Waals surface area (Å²) in [7, 11) is 0. The largest absolute Gasteiger partial charge is 0.322 e. The van der Waals surface area contributed by atoms with E-state index in [1.165, 1.54) is 0 Å². The Labute approximate surface area is 171 Å². The molecule has 2 aliphatic heterocycles. The molecule has 0 spiro atoms. The number of anilines is 1. The van der Waals surface area contributed by atoms with Crippen LogP contribution >= 0.6 is 0 Å².